The van der Waals surface area contributed by atoms with Gasteiger partial charge < -0.3 is 0 Å². The van der Waals surface area contributed by atoms with E-state index in [-0.39, 0.29) is 12.5 Å². The predicted molar refractivity (Wildman–Crippen MR) is 28.2 cm³/mol. The highest BCUT2D eigenvalue weighted by atomic mass is 16.3. The molecule has 1 radical (unpaired) electrons. The van der Waals surface area contributed by atoms with Crippen LogP contribution in [0.3, 0.4) is 0 Å². The molecule has 0 saturated heterocycles. The fourth-order valence-corrected chi connectivity index (χ4v) is 0.284. The Morgan fingerprint density at radius 3 is 2.43 bits per heavy atom. The standard InChI is InChI=1S/C6H9O/c1-3-6(4-2)5-7/h1,6H,4-5H2,2H3. The molecule has 0 aromatic heterocycles. The van der Waals surface area contributed by atoms with E-state index in [1.807, 2.05) is 6.92 Å². The highest BCUT2D eigenvalue weighted by molar-refractivity contribution is 4.91. The molecular formula is C6H9O. The zero-order chi connectivity index (χ0) is 5.70. The number of rotatable bonds is 2. The van der Waals surface area contributed by atoms with Crippen molar-refractivity contribution in [2.75, 3.05) is 6.61 Å². The van der Waals surface area contributed by atoms with Crippen molar-refractivity contribution >= 4 is 0 Å². The zero-order valence-electron chi connectivity index (χ0n) is 4.48. The van der Waals surface area contributed by atoms with Gasteiger partial charge in [0.25, 0.3) is 0 Å². The molecule has 0 aliphatic rings. The minimum atomic E-state index is -0.132. The van der Waals surface area contributed by atoms with Crippen molar-refractivity contribution < 1.29 is 5.11 Å². The Bertz CT molecular complexity index is 66.7. The van der Waals surface area contributed by atoms with Crippen LogP contribution >= 0.6 is 0 Å². The van der Waals surface area contributed by atoms with Gasteiger partial charge in [0, 0.05) is 5.92 Å². The summed E-state index contributed by atoms with van der Waals surface area (Å²) in [4.78, 5) is 0. The number of terminal acetylenes is 1. The van der Waals surface area contributed by atoms with Crippen molar-refractivity contribution in [3.05, 3.63) is 0 Å². The minimum absolute atomic E-state index is 0.0417. The third kappa shape index (κ3) is 2.24. The SMILES string of the molecule is C#CC(CC)C[O]. The molecule has 0 spiro atoms. The Hall–Kier alpha value is -0.480. The van der Waals surface area contributed by atoms with Gasteiger partial charge in [-0.25, -0.2) is 5.11 Å². The molecular weight excluding hydrogens is 88.1 g/mol. The first-order chi connectivity index (χ1) is 3.35. The highest BCUT2D eigenvalue weighted by Crippen LogP contribution is 1.96. The van der Waals surface area contributed by atoms with E-state index in [9.17, 15) is 5.11 Å². The van der Waals surface area contributed by atoms with Gasteiger partial charge in [-0.2, -0.15) is 0 Å². The van der Waals surface area contributed by atoms with Crippen LogP contribution in [0.25, 0.3) is 0 Å². The molecule has 1 unspecified atom stereocenters. The molecule has 7 heavy (non-hydrogen) atoms. The molecule has 39 valence electrons. The first-order valence-electron chi connectivity index (χ1n) is 2.39. The van der Waals surface area contributed by atoms with Crippen LogP contribution < -0.4 is 0 Å². The number of hydrogen-bond donors (Lipinski definition) is 0. The second-order valence-corrected chi connectivity index (χ2v) is 1.44. The van der Waals surface area contributed by atoms with Gasteiger partial charge in [-0.1, -0.05) is 6.92 Å². The molecule has 0 rings (SSSR count). The molecule has 0 saturated carbocycles. The molecule has 1 heteroatoms. The van der Waals surface area contributed by atoms with Crippen molar-refractivity contribution in [1.82, 2.24) is 0 Å². The first kappa shape index (κ1) is 6.52. The summed E-state index contributed by atoms with van der Waals surface area (Å²) in [6, 6.07) is 0. The normalized spacial score (nSPS) is 12.7. The Morgan fingerprint density at radius 2 is 2.43 bits per heavy atom. The second-order valence-electron chi connectivity index (χ2n) is 1.44. The summed E-state index contributed by atoms with van der Waals surface area (Å²) in [6.45, 7) is 1.79. The Kier molecular flexibility index (Phi) is 3.45. The van der Waals surface area contributed by atoms with Crippen molar-refractivity contribution in [3.8, 4) is 12.3 Å². The average molecular weight is 97.1 g/mol. The molecule has 0 N–H and O–H groups in total. The van der Waals surface area contributed by atoms with Crippen molar-refractivity contribution in [2.45, 2.75) is 13.3 Å². The summed E-state index contributed by atoms with van der Waals surface area (Å²) in [5.41, 5.74) is 0. The Balaban J connectivity index is 3.23. The molecule has 0 aromatic carbocycles. The average Bonchev–Trinajstić information content (AvgIpc) is 1.72. The van der Waals surface area contributed by atoms with Crippen molar-refractivity contribution in [3.63, 3.8) is 0 Å². The van der Waals surface area contributed by atoms with E-state index in [1.165, 1.54) is 0 Å². The maximum Gasteiger partial charge on any atom is 0.0959 e. The second kappa shape index (κ2) is 3.70. The maximum atomic E-state index is 9.95. The van der Waals surface area contributed by atoms with Gasteiger partial charge in [-0.15, -0.1) is 12.3 Å². The summed E-state index contributed by atoms with van der Waals surface area (Å²) >= 11 is 0. The minimum Gasteiger partial charge on any atom is -0.235 e. The molecule has 0 bridgehead atoms. The summed E-state index contributed by atoms with van der Waals surface area (Å²) in [7, 11) is 0. The fourth-order valence-electron chi connectivity index (χ4n) is 0.284. The van der Waals surface area contributed by atoms with Gasteiger partial charge >= 0.3 is 0 Å². The predicted octanol–water partition coefficient (Wildman–Crippen LogP) is 1.08. The lowest BCUT2D eigenvalue weighted by molar-refractivity contribution is 0.164. The van der Waals surface area contributed by atoms with Crippen LogP contribution in [0.2, 0.25) is 0 Å². The Labute approximate surface area is 44.4 Å². The van der Waals surface area contributed by atoms with E-state index in [1.54, 1.807) is 0 Å². The first-order valence-corrected chi connectivity index (χ1v) is 2.39. The van der Waals surface area contributed by atoms with E-state index in [2.05, 4.69) is 5.92 Å². The van der Waals surface area contributed by atoms with Crippen molar-refractivity contribution in [1.29, 1.82) is 0 Å². The molecule has 0 heterocycles. The molecule has 0 aliphatic heterocycles. The van der Waals surface area contributed by atoms with Gasteiger partial charge in [0.05, 0.1) is 6.61 Å². The van der Waals surface area contributed by atoms with E-state index in [0.717, 1.165) is 6.42 Å². The molecule has 0 aromatic rings. The fraction of sp³-hybridized carbons (Fsp3) is 0.667. The van der Waals surface area contributed by atoms with E-state index in [4.69, 9.17) is 6.42 Å². The van der Waals surface area contributed by atoms with E-state index >= 15 is 0 Å². The summed E-state index contributed by atoms with van der Waals surface area (Å²) in [6.07, 6.45) is 5.75. The van der Waals surface area contributed by atoms with Crippen LogP contribution in [-0.4, -0.2) is 6.61 Å². The largest absolute Gasteiger partial charge is 0.235 e. The third-order valence-electron chi connectivity index (χ3n) is 0.930. The summed E-state index contributed by atoms with van der Waals surface area (Å²) in [5, 5.41) is 9.95. The van der Waals surface area contributed by atoms with Gasteiger partial charge in [-0.3, -0.25) is 0 Å². The maximum absolute atomic E-state index is 9.95. The Morgan fingerprint density at radius 1 is 1.86 bits per heavy atom. The third-order valence-corrected chi connectivity index (χ3v) is 0.930. The molecule has 1 nitrogen and oxygen atoms in total. The quantitative estimate of drug-likeness (QED) is 0.459. The smallest absolute Gasteiger partial charge is 0.0959 e. The zero-order valence-corrected chi connectivity index (χ0v) is 4.48. The summed E-state index contributed by atoms with van der Waals surface area (Å²) < 4.78 is 0. The van der Waals surface area contributed by atoms with Crippen molar-refractivity contribution in [2.24, 2.45) is 5.92 Å². The van der Waals surface area contributed by atoms with Gasteiger partial charge in [0.1, 0.15) is 0 Å². The van der Waals surface area contributed by atoms with Gasteiger partial charge in [0.15, 0.2) is 0 Å². The van der Waals surface area contributed by atoms with Crippen LogP contribution in [0.4, 0.5) is 0 Å². The van der Waals surface area contributed by atoms with E-state index in [0.29, 0.717) is 0 Å². The molecule has 0 amide bonds. The highest BCUT2D eigenvalue weighted by Gasteiger charge is 1.96. The monoisotopic (exact) mass is 97.1 g/mol. The van der Waals surface area contributed by atoms with Crippen LogP contribution in [0.1, 0.15) is 13.3 Å². The molecule has 0 fully saturated rings. The van der Waals surface area contributed by atoms with Gasteiger partial charge in [0.2, 0.25) is 0 Å². The number of hydrogen-bond acceptors (Lipinski definition) is 0. The van der Waals surface area contributed by atoms with Crippen LogP contribution in [0, 0.1) is 18.3 Å². The van der Waals surface area contributed by atoms with Crippen LogP contribution in [0.15, 0.2) is 0 Å². The lowest BCUT2D eigenvalue weighted by atomic mass is 10.1. The molecule has 0 aliphatic carbocycles. The van der Waals surface area contributed by atoms with E-state index < -0.39 is 0 Å². The summed E-state index contributed by atoms with van der Waals surface area (Å²) in [5.74, 6) is 2.35. The topological polar surface area (TPSA) is 19.9 Å². The van der Waals surface area contributed by atoms with Gasteiger partial charge in [-0.05, 0) is 6.42 Å². The molecule has 1 atom stereocenters. The van der Waals surface area contributed by atoms with Crippen LogP contribution in [-0.2, 0) is 5.11 Å². The lowest BCUT2D eigenvalue weighted by Gasteiger charge is -1.95. The lowest BCUT2D eigenvalue weighted by Crippen LogP contribution is -1.97. The van der Waals surface area contributed by atoms with Crippen LogP contribution in [0.5, 0.6) is 0 Å².